The first-order valence-electron chi connectivity index (χ1n) is 8.55. The quantitative estimate of drug-likeness (QED) is 0.675. The maximum absolute atomic E-state index is 5.33. The molecule has 0 N–H and O–H groups in total. The summed E-state index contributed by atoms with van der Waals surface area (Å²) in [6.45, 7) is 9.40. The third-order valence-electron chi connectivity index (χ3n) is 4.78. The average Bonchev–Trinajstić information content (AvgIpc) is 2.91. The molecule has 0 spiro atoms. The Bertz CT molecular complexity index is 707. The summed E-state index contributed by atoms with van der Waals surface area (Å²) in [7, 11) is 0. The molecule has 0 saturated heterocycles. The number of ether oxygens (including phenoxy) is 1. The average molecular weight is 330 g/mol. The van der Waals surface area contributed by atoms with Gasteiger partial charge in [-0.15, -0.1) is 11.3 Å². The molecule has 1 fully saturated rings. The van der Waals surface area contributed by atoms with Crippen LogP contribution >= 0.6 is 11.3 Å². The van der Waals surface area contributed by atoms with Gasteiger partial charge in [-0.2, -0.15) is 0 Å². The molecule has 1 aliphatic rings. The molecule has 124 valence electrons. The molecule has 0 unspecified atom stereocenters. The van der Waals surface area contributed by atoms with E-state index in [0.717, 1.165) is 21.7 Å². The smallest absolute Gasteiger partial charge is 0.127 e. The first kappa shape index (κ1) is 16.4. The second-order valence-electron chi connectivity index (χ2n) is 7.22. The molecule has 0 aliphatic heterocycles. The maximum atomic E-state index is 5.33. The van der Waals surface area contributed by atoms with E-state index >= 15 is 0 Å². The van der Waals surface area contributed by atoms with E-state index in [9.17, 15) is 0 Å². The highest BCUT2D eigenvalue weighted by Gasteiger charge is 2.28. The molecule has 0 radical (unpaired) electrons. The molecular formula is C19H26N2OS. The Labute approximate surface area is 142 Å². The SMILES string of the molecule is CCOC=Cc1nc(C)nc2sc(C3CCC(C)(C)CC3)cc12. The summed E-state index contributed by atoms with van der Waals surface area (Å²) in [4.78, 5) is 11.8. The lowest BCUT2D eigenvalue weighted by molar-refractivity contribution is 0.226. The van der Waals surface area contributed by atoms with E-state index in [1.54, 1.807) is 6.26 Å². The molecule has 3 rings (SSSR count). The molecule has 0 bridgehead atoms. The number of nitrogens with zero attached hydrogens (tertiary/aromatic N) is 2. The third-order valence-corrected chi connectivity index (χ3v) is 5.97. The van der Waals surface area contributed by atoms with Crippen molar-refractivity contribution in [2.24, 2.45) is 5.41 Å². The van der Waals surface area contributed by atoms with Gasteiger partial charge in [0.15, 0.2) is 0 Å². The van der Waals surface area contributed by atoms with Crippen molar-refractivity contribution in [2.75, 3.05) is 6.61 Å². The number of fused-ring (bicyclic) bond motifs is 1. The first-order chi connectivity index (χ1) is 11.0. The van der Waals surface area contributed by atoms with Gasteiger partial charge in [0, 0.05) is 10.3 Å². The Kier molecular flexibility index (Phi) is 4.72. The summed E-state index contributed by atoms with van der Waals surface area (Å²) in [5, 5.41) is 1.16. The van der Waals surface area contributed by atoms with Gasteiger partial charge in [0.05, 0.1) is 18.6 Å². The molecule has 2 aromatic rings. The zero-order chi connectivity index (χ0) is 16.4. The van der Waals surface area contributed by atoms with Crippen molar-refractivity contribution in [1.29, 1.82) is 0 Å². The van der Waals surface area contributed by atoms with Gasteiger partial charge in [0.25, 0.3) is 0 Å². The monoisotopic (exact) mass is 330 g/mol. The lowest BCUT2D eigenvalue weighted by Gasteiger charge is -2.33. The van der Waals surface area contributed by atoms with Crippen LogP contribution < -0.4 is 0 Å². The second kappa shape index (κ2) is 6.60. The van der Waals surface area contributed by atoms with Crippen LogP contribution in [0.1, 0.15) is 68.8 Å². The van der Waals surface area contributed by atoms with Crippen molar-refractivity contribution in [3.8, 4) is 0 Å². The minimum atomic E-state index is 0.509. The summed E-state index contributed by atoms with van der Waals surface area (Å²) in [6.07, 6.45) is 8.90. The molecule has 23 heavy (non-hydrogen) atoms. The molecule has 0 atom stereocenters. The molecule has 1 aliphatic carbocycles. The van der Waals surface area contributed by atoms with E-state index in [1.165, 1.54) is 30.6 Å². The summed E-state index contributed by atoms with van der Waals surface area (Å²) in [6, 6.07) is 2.31. The Morgan fingerprint density at radius 3 is 2.74 bits per heavy atom. The molecule has 2 aromatic heterocycles. The van der Waals surface area contributed by atoms with E-state index < -0.39 is 0 Å². The molecule has 0 amide bonds. The van der Waals surface area contributed by atoms with E-state index in [-0.39, 0.29) is 0 Å². The summed E-state index contributed by atoms with van der Waals surface area (Å²) < 4.78 is 5.33. The van der Waals surface area contributed by atoms with Gasteiger partial charge in [-0.25, -0.2) is 9.97 Å². The molecular weight excluding hydrogens is 304 g/mol. The topological polar surface area (TPSA) is 35.0 Å². The number of rotatable bonds is 4. The second-order valence-corrected chi connectivity index (χ2v) is 8.28. The van der Waals surface area contributed by atoms with Crippen molar-refractivity contribution in [2.45, 2.75) is 59.3 Å². The fourth-order valence-corrected chi connectivity index (χ4v) is 4.55. The number of thiophene rings is 1. The fraction of sp³-hybridized carbons (Fsp3) is 0.579. The third kappa shape index (κ3) is 3.74. The molecule has 2 heterocycles. The summed E-state index contributed by atoms with van der Waals surface area (Å²) in [5.74, 6) is 1.51. The number of aromatic nitrogens is 2. The maximum Gasteiger partial charge on any atom is 0.127 e. The Morgan fingerprint density at radius 2 is 2.04 bits per heavy atom. The van der Waals surface area contributed by atoms with Crippen LogP contribution in [-0.4, -0.2) is 16.6 Å². The molecule has 3 nitrogen and oxygen atoms in total. The largest absolute Gasteiger partial charge is 0.501 e. The van der Waals surface area contributed by atoms with Crippen LogP contribution in [0.2, 0.25) is 0 Å². The van der Waals surface area contributed by atoms with Gasteiger partial charge in [-0.1, -0.05) is 13.8 Å². The summed E-state index contributed by atoms with van der Waals surface area (Å²) >= 11 is 1.85. The minimum Gasteiger partial charge on any atom is -0.501 e. The number of hydrogen-bond donors (Lipinski definition) is 0. The highest BCUT2D eigenvalue weighted by molar-refractivity contribution is 7.18. The van der Waals surface area contributed by atoms with Gasteiger partial charge in [0.2, 0.25) is 0 Å². The van der Waals surface area contributed by atoms with Gasteiger partial charge in [-0.05, 0) is 63.0 Å². The molecule has 1 saturated carbocycles. The first-order valence-corrected chi connectivity index (χ1v) is 9.36. The van der Waals surface area contributed by atoms with Gasteiger partial charge in [0.1, 0.15) is 10.7 Å². The van der Waals surface area contributed by atoms with Crippen molar-refractivity contribution < 1.29 is 4.74 Å². The highest BCUT2D eigenvalue weighted by atomic mass is 32.1. The van der Waals surface area contributed by atoms with Crippen molar-refractivity contribution >= 4 is 27.6 Å². The van der Waals surface area contributed by atoms with Crippen molar-refractivity contribution in [3.05, 3.63) is 28.7 Å². The van der Waals surface area contributed by atoms with E-state index in [1.807, 2.05) is 31.3 Å². The van der Waals surface area contributed by atoms with Gasteiger partial charge in [-0.3, -0.25) is 0 Å². The van der Waals surface area contributed by atoms with Crippen LogP contribution in [0.5, 0.6) is 0 Å². The van der Waals surface area contributed by atoms with Crippen LogP contribution in [0.15, 0.2) is 12.3 Å². The van der Waals surface area contributed by atoms with E-state index in [2.05, 4.69) is 29.9 Å². The van der Waals surface area contributed by atoms with Crippen molar-refractivity contribution in [1.82, 2.24) is 9.97 Å². The Morgan fingerprint density at radius 1 is 1.30 bits per heavy atom. The van der Waals surface area contributed by atoms with Crippen LogP contribution in [0.3, 0.4) is 0 Å². The lowest BCUT2D eigenvalue weighted by Crippen LogP contribution is -2.19. The van der Waals surface area contributed by atoms with Gasteiger partial charge < -0.3 is 4.74 Å². The van der Waals surface area contributed by atoms with Crippen LogP contribution in [0, 0.1) is 12.3 Å². The fourth-order valence-electron chi connectivity index (χ4n) is 3.29. The molecule has 0 aromatic carbocycles. The predicted molar refractivity (Wildman–Crippen MR) is 97.8 cm³/mol. The van der Waals surface area contributed by atoms with E-state index in [0.29, 0.717) is 17.9 Å². The van der Waals surface area contributed by atoms with E-state index in [4.69, 9.17) is 4.74 Å². The summed E-state index contributed by atoms with van der Waals surface area (Å²) in [5.41, 5.74) is 1.48. The number of hydrogen-bond acceptors (Lipinski definition) is 4. The van der Waals surface area contributed by atoms with Crippen LogP contribution in [0.4, 0.5) is 0 Å². The zero-order valence-corrected chi connectivity index (χ0v) is 15.4. The normalized spacial score (nSPS) is 18.8. The zero-order valence-electron chi connectivity index (χ0n) is 14.6. The number of aryl methyl sites for hydroxylation is 1. The lowest BCUT2D eigenvalue weighted by atomic mass is 9.73. The minimum absolute atomic E-state index is 0.509. The highest BCUT2D eigenvalue weighted by Crippen LogP contribution is 2.45. The van der Waals surface area contributed by atoms with Crippen molar-refractivity contribution in [3.63, 3.8) is 0 Å². The van der Waals surface area contributed by atoms with Gasteiger partial charge >= 0.3 is 0 Å². The predicted octanol–water partition coefficient (Wildman–Crippen LogP) is 5.69. The standard InChI is InChI=1S/C19H26N2OS/c1-5-22-11-8-16-15-12-17(23-18(15)21-13(2)20-16)14-6-9-19(3,4)10-7-14/h8,11-12,14H,5-7,9-10H2,1-4H3. The molecule has 4 heteroatoms. The van der Waals surface area contributed by atoms with Crippen LogP contribution in [0.25, 0.3) is 16.3 Å². The Hall–Kier alpha value is -1.42. The van der Waals surface area contributed by atoms with Crippen LogP contribution in [-0.2, 0) is 4.74 Å². The Balaban J connectivity index is 1.91.